The summed E-state index contributed by atoms with van der Waals surface area (Å²) in [7, 11) is 0. The van der Waals surface area contributed by atoms with Gasteiger partial charge in [0.15, 0.2) is 0 Å². The van der Waals surface area contributed by atoms with Gasteiger partial charge in [-0.1, -0.05) is 13.8 Å². The fourth-order valence-corrected chi connectivity index (χ4v) is 0.651. The fourth-order valence-electron chi connectivity index (χ4n) is 0.651. The molecule has 10 heavy (non-hydrogen) atoms. The quantitative estimate of drug-likeness (QED) is 0.542. The second-order valence-electron chi connectivity index (χ2n) is 2.17. The summed E-state index contributed by atoms with van der Waals surface area (Å²) in [4.78, 5) is 0. The van der Waals surface area contributed by atoms with Crippen LogP contribution in [0.2, 0.25) is 0 Å². The molecule has 0 fully saturated rings. The Morgan fingerprint density at radius 3 is 1.20 bits per heavy atom. The summed E-state index contributed by atoms with van der Waals surface area (Å²) < 4.78 is 47.8. The van der Waals surface area contributed by atoms with E-state index >= 15 is 0 Å². The second kappa shape index (κ2) is 2.76. The van der Waals surface area contributed by atoms with Crippen LogP contribution in [0.4, 0.5) is 17.6 Å². The SMILES string of the molecule is CCC(F)(CC)C(F)(F)F. The monoisotopic (exact) mass is 158 g/mol. The first kappa shape index (κ1) is 9.72. The van der Waals surface area contributed by atoms with Gasteiger partial charge in [-0.2, -0.15) is 13.2 Å². The standard InChI is InChI=1S/C6H10F4/c1-3-5(7,4-2)6(8,9)10/h3-4H2,1-2H3. The summed E-state index contributed by atoms with van der Waals surface area (Å²) >= 11 is 0. The minimum absolute atomic E-state index is 0.507. The number of rotatable bonds is 2. The Kier molecular flexibility index (Phi) is 2.68. The molecule has 0 atom stereocenters. The van der Waals surface area contributed by atoms with Crippen molar-refractivity contribution in [3.05, 3.63) is 0 Å². The van der Waals surface area contributed by atoms with E-state index in [1.807, 2.05) is 0 Å². The van der Waals surface area contributed by atoms with E-state index in [9.17, 15) is 17.6 Å². The Morgan fingerprint density at radius 2 is 1.20 bits per heavy atom. The second-order valence-corrected chi connectivity index (χ2v) is 2.17. The molecular formula is C6H10F4. The maximum atomic E-state index is 12.6. The van der Waals surface area contributed by atoms with E-state index in [1.54, 1.807) is 0 Å². The summed E-state index contributed by atoms with van der Waals surface area (Å²) in [6, 6.07) is 0. The molecule has 62 valence electrons. The highest BCUT2D eigenvalue weighted by Crippen LogP contribution is 2.38. The lowest BCUT2D eigenvalue weighted by molar-refractivity contribution is -0.232. The van der Waals surface area contributed by atoms with Crippen LogP contribution in [-0.2, 0) is 0 Å². The highest BCUT2D eigenvalue weighted by molar-refractivity contribution is 4.83. The highest BCUT2D eigenvalue weighted by Gasteiger charge is 2.52. The van der Waals surface area contributed by atoms with E-state index in [0.29, 0.717) is 0 Å². The van der Waals surface area contributed by atoms with Crippen LogP contribution in [0.5, 0.6) is 0 Å². The van der Waals surface area contributed by atoms with Crippen LogP contribution in [0.1, 0.15) is 26.7 Å². The van der Waals surface area contributed by atoms with Crippen molar-refractivity contribution in [2.75, 3.05) is 0 Å². The van der Waals surface area contributed by atoms with Crippen LogP contribution in [-0.4, -0.2) is 11.8 Å². The molecule has 0 nitrogen and oxygen atoms in total. The van der Waals surface area contributed by atoms with Crippen molar-refractivity contribution in [2.45, 2.75) is 38.5 Å². The average Bonchev–Trinajstić information content (AvgIpc) is 1.84. The molecule has 0 bridgehead atoms. The van der Waals surface area contributed by atoms with Gasteiger partial charge in [-0.3, -0.25) is 0 Å². The Balaban J connectivity index is 4.33. The van der Waals surface area contributed by atoms with Crippen molar-refractivity contribution < 1.29 is 17.6 Å². The third-order valence-corrected chi connectivity index (χ3v) is 1.63. The van der Waals surface area contributed by atoms with E-state index in [0.717, 1.165) is 0 Å². The van der Waals surface area contributed by atoms with Gasteiger partial charge in [0.25, 0.3) is 0 Å². The molecule has 0 saturated carbocycles. The molecule has 0 aromatic heterocycles. The molecule has 0 aliphatic rings. The fraction of sp³-hybridized carbons (Fsp3) is 1.00. The highest BCUT2D eigenvalue weighted by atomic mass is 19.4. The van der Waals surface area contributed by atoms with Gasteiger partial charge in [0.1, 0.15) is 0 Å². The lowest BCUT2D eigenvalue weighted by Gasteiger charge is -2.24. The van der Waals surface area contributed by atoms with Gasteiger partial charge in [0, 0.05) is 0 Å². The number of alkyl halides is 4. The zero-order valence-electron chi connectivity index (χ0n) is 5.93. The molecule has 0 aliphatic carbocycles. The molecule has 0 aromatic carbocycles. The van der Waals surface area contributed by atoms with Crippen molar-refractivity contribution >= 4 is 0 Å². The van der Waals surface area contributed by atoms with E-state index in [2.05, 4.69) is 0 Å². The first-order valence-corrected chi connectivity index (χ1v) is 3.13. The van der Waals surface area contributed by atoms with Crippen molar-refractivity contribution in [3.63, 3.8) is 0 Å². The third-order valence-electron chi connectivity index (χ3n) is 1.63. The number of halogens is 4. The van der Waals surface area contributed by atoms with Crippen molar-refractivity contribution in [1.29, 1.82) is 0 Å². The maximum absolute atomic E-state index is 12.6. The average molecular weight is 158 g/mol. The Bertz CT molecular complexity index is 101. The van der Waals surface area contributed by atoms with Crippen molar-refractivity contribution in [2.24, 2.45) is 0 Å². The number of hydrogen-bond donors (Lipinski definition) is 0. The first-order chi connectivity index (χ1) is 4.37. The molecule has 0 saturated heterocycles. The molecule has 0 N–H and O–H groups in total. The predicted molar refractivity (Wildman–Crippen MR) is 30.5 cm³/mol. The van der Waals surface area contributed by atoms with Gasteiger partial charge >= 0.3 is 6.18 Å². The third kappa shape index (κ3) is 1.61. The molecule has 0 radical (unpaired) electrons. The van der Waals surface area contributed by atoms with Gasteiger partial charge in [-0.25, -0.2) is 4.39 Å². The van der Waals surface area contributed by atoms with Crippen molar-refractivity contribution in [3.8, 4) is 0 Å². The van der Waals surface area contributed by atoms with E-state index in [4.69, 9.17) is 0 Å². The molecule has 0 heterocycles. The maximum Gasteiger partial charge on any atom is 0.422 e. The van der Waals surface area contributed by atoms with Crippen molar-refractivity contribution in [1.82, 2.24) is 0 Å². The zero-order valence-corrected chi connectivity index (χ0v) is 5.93. The van der Waals surface area contributed by atoms with Crippen LogP contribution in [0.15, 0.2) is 0 Å². The summed E-state index contributed by atoms with van der Waals surface area (Å²) in [6.45, 7) is 2.38. The van der Waals surface area contributed by atoms with Gasteiger partial charge < -0.3 is 0 Å². The van der Waals surface area contributed by atoms with Crippen LogP contribution in [0.25, 0.3) is 0 Å². The largest absolute Gasteiger partial charge is 0.422 e. The van der Waals surface area contributed by atoms with Crippen LogP contribution in [0.3, 0.4) is 0 Å². The molecule has 0 unspecified atom stereocenters. The predicted octanol–water partition coefficient (Wildman–Crippen LogP) is 3.08. The summed E-state index contributed by atoms with van der Waals surface area (Å²) in [5.41, 5.74) is -2.98. The van der Waals surface area contributed by atoms with E-state index in [1.165, 1.54) is 13.8 Å². The Hall–Kier alpha value is -0.280. The topological polar surface area (TPSA) is 0 Å². The molecule has 0 rings (SSSR count). The number of hydrogen-bond acceptors (Lipinski definition) is 0. The van der Waals surface area contributed by atoms with Gasteiger partial charge in [0.05, 0.1) is 0 Å². The summed E-state index contributed by atoms with van der Waals surface area (Å²) in [5, 5.41) is 0. The van der Waals surface area contributed by atoms with Crippen LogP contribution >= 0.6 is 0 Å². The lowest BCUT2D eigenvalue weighted by Crippen LogP contribution is -2.39. The Morgan fingerprint density at radius 1 is 0.900 bits per heavy atom. The van der Waals surface area contributed by atoms with Crippen LogP contribution < -0.4 is 0 Å². The zero-order chi connectivity index (χ0) is 8.41. The minimum atomic E-state index is -4.71. The molecular weight excluding hydrogens is 148 g/mol. The van der Waals surface area contributed by atoms with Gasteiger partial charge in [-0.05, 0) is 12.8 Å². The van der Waals surface area contributed by atoms with Gasteiger partial charge in [0.2, 0.25) is 5.67 Å². The lowest BCUT2D eigenvalue weighted by atomic mass is 9.99. The molecule has 4 heteroatoms. The minimum Gasteiger partial charge on any atom is -0.234 e. The molecule has 0 aromatic rings. The normalized spacial score (nSPS) is 13.8. The van der Waals surface area contributed by atoms with Crippen LogP contribution in [0, 0.1) is 0 Å². The summed E-state index contributed by atoms with van der Waals surface area (Å²) in [6.07, 6.45) is -5.73. The molecule has 0 aliphatic heterocycles. The summed E-state index contributed by atoms with van der Waals surface area (Å²) in [5.74, 6) is 0. The van der Waals surface area contributed by atoms with E-state index in [-0.39, 0.29) is 0 Å². The van der Waals surface area contributed by atoms with E-state index < -0.39 is 24.7 Å². The Labute approximate surface area is 57.2 Å². The molecule has 0 amide bonds. The smallest absolute Gasteiger partial charge is 0.234 e. The molecule has 0 spiro atoms. The first-order valence-electron chi connectivity index (χ1n) is 3.13. The van der Waals surface area contributed by atoms with Gasteiger partial charge in [-0.15, -0.1) is 0 Å².